The summed E-state index contributed by atoms with van der Waals surface area (Å²) in [5, 5.41) is 18.6. The van der Waals surface area contributed by atoms with Crippen molar-refractivity contribution in [1.82, 2.24) is 10.2 Å². The molecule has 0 amide bonds. The van der Waals surface area contributed by atoms with Crippen molar-refractivity contribution in [3.05, 3.63) is 16.3 Å². The Morgan fingerprint density at radius 3 is 3.00 bits per heavy atom. The fourth-order valence-corrected chi connectivity index (χ4v) is 2.13. The molecule has 1 fully saturated rings. The SMILES string of the molecule is CCO/C=C/c1nnc(C2(C#N)CC2)s1. The molecule has 78 valence electrons. The van der Waals surface area contributed by atoms with Crippen LogP contribution in [-0.2, 0) is 10.2 Å². The Hall–Kier alpha value is -1.41. The molecule has 4 nitrogen and oxygen atoms in total. The highest BCUT2D eigenvalue weighted by atomic mass is 32.1. The van der Waals surface area contributed by atoms with Crippen molar-refractivity contribution in [1.29, 1.82) is 5.26 Å². The Morgan fingerprint density at radius 1 is 1.60 bits per heavy atom. The molecule has 0 spiro atoms. The second kappa shape index (κ2) is 3.99. The maximum atomic E-state index is 8.98. The minimum Gasteiger partial charge on any atom is -0.501 e. The van der Waals surface area contributed by atoms with Crippen LogP contribution in [0.5, 0.6) is 0 Å². The maximum Gasteiger partial charge on any atom is 0.143 e. The Kier molecular flexibility index (Phi) is 2.69. The first kappa shape index (κ1) is 10.1. The van der Waals surface area contributed by atoms with Gasteiger partial charge in [-0.3, -0.25) is 0 Å². The van der Waals surface area contributed by atoms with Crippen LogP contribution in [0.2, 0.25) is 0 Å². The molecule has 0 bridgehead atoms. The normalized spacial score (nSPS) is 17.6. The van der Waals surface area contributed by atoms with Gasteiger partial charge in [0.05, 0.1) is 18.9 Å². The lowest BCUT2D eigenvalue weighted by atomic mass is 10.1. The number of hydrogen-bond donors (Lipinski definition) is 0. The fourth-order valence-electron chi connectivity index (χ4n) is 1.20. The molecule has 1 heterocycles. The van der Waals surface area contributed by atoms with Crippen LogP contribution in [0.4, 0.5) is 0 Å². The summed E-state index contributed by atoms with van der Waals surface area (Å²) in [6.07, 6.45) is 5.20. The van der Waals surface area contributed by atoms with Crippen molar-refractivity contribution >= 4 is 17.4 Å². The average Bonchev–Trinajstić information content (AvgIpc) is 2.92. The third-order valence-corrected chi connectivity index (χ3v) is 3.38. The number of rotatable bonds is 4. The van der Waals surface area contributed by atoms with Crippen LogP contribution in [0.25, 0.3) is 6.08 Å². The predicted molar refractivity (Wildman–Crippen MR) is 57.1 cm³/mol. The van der Waals surface area contributed by atoms with Crippen molar-refractivity contribution in [2.24, 2.45) is 0 Å². The molecular weight excluding hydrogens is 210 g/mol. The zero-order chi connectivity index (χ0) is 10.7. The molecule has 1 aromatic heterocycles. The Bertz CT molecular complexity index is 415. The molecule has 5 heteroatoms. The third-order valence-electron chi connectivity index (χ3n) is 2.29. The van der Waals surface area contributed by atoms with E-state index in [0.29, 0.717) is 6.61 Å². The van der Waals surface area contributed by atoms with Crippen LogP contribution >= 0.6 is 11.3 Å². The standard InChI is InChI=1S/C10H11N3OS/c1-2-14-6-3-8-12-13-9(15-8)10(7-11)4-5-10/h3,6H,2,4-5H2,1H3/b6-3+. The lowest BCUT2D eigenvalue weighted by Gasteiger charge is -1.94. The summed E-state index contributed by atoms with van der Waals surface area (Å²) in [5.74, 6) is 0. The van der Waals surface area contributed by atoms with Gasteiger partial charge in [0.25, 0.3) is 0 Å². The largest absolute Gasteiger partial charge is 0.501 e. The Labute approximate surface area is 92.2 Å². The summed E-state index contributed by atoms with van der Waals surface area (Å²) in [7, 11) is 0. The molecule has 0 saturated heterocycles. The van der Waals surface area contributed by atoms with E-state index in [1.54, 1.807) is 12.3 Å². The van der Waals surface area contributed by atoms with Crippen LogP contribution in [0.3, 0.4) is 0 Å². The highest BCUT2D eigenvalue weighted by Crippen LogP contribution is 2.48. The van der Waals surface area contributed by atoms with E-state index in [-0.39, 0.29) is 5.41 Å². The van der Waals surface area contributed by atoms with E-state index in [1.165, 1.54) is 11.3 Å². The molecule has 15 heavy (non-hydrogen) atoms. The lowest BCUT2D eigenvalue weighted by Crippen LogP contribution is -2.00. The second-order valence-corrected chi connectivity index (χ2v) is 4.41. The summed E-state index contributed by atoms with van der Waals surface area (Å²) in [6.45, 7) is 2.56. The van der Waals surface area contributed by atoms with Gasteiger partial charge in [0.15, 0.2) is 0 Å². The van der Waals surface area contributed by atoms with Crippen molar-refractivity contribution in [3.8, 4) is 6.07 Å². The minimum atomic E-state index is -0.324. The number of aromatic nitrogens is 2. The second-order valence-electron chi connectivity index (χ2n) is 3.40. The Morgan fingerprint density at radius 2 is 2.40 bits per heavy atom. The molecule has 1 saturated carbocycles. The molecule has 0 N–H and O–H groups in total. The molecule has 0 radical (unpaired) electrons. The number of ether oxygens (including phenoxy) is 1. The highest BCUT2D eigenvalue weighted by molar-refractivity contribution is 7.12. The van der Waals surface area contributed by atoms with Gasteiger partial charge >= 0.3 is 0 Å². The quantitative estimate of drug-likeness (QED) is 0.730. The van der Waals surface area contributed by atoms with E-state index in [1.807, 2.05) is 6.92 Å². The summed E-state index contributed by atoms with van der Waals surface area (Å²) in [5.41, 5.74) is -0.324. The van der Waals surface area contributed by atoms with Crippen LogP contribution in [0, 0.1) is 11.3 Å². The van der Waals surface area contributed by atoms with E-state index in [0.717, 1.165) is 22.9 Å². The third kappa shape index (κ3) is 2.00. The van der Waals surface area contributed by atoms with E-state index in [2.05, 4.69) is 16.3 Å². The fraction of sp³-hybridized carbons (Fsp3) is 0.500. The summed E-state index contributed by atoms with van der Waals surface area (Å²) < 4.78 is 5.07. The number of nitrogens with zero attached hydrogens (tertiary/aromatic N) is 3. The number of nitriles is 1. The molecule has 0 unspecified atom stereocenters. The van der Waals surface area contributed by atoms with Gasteiger partial charge in [0.1, 0.15) is 15.4 Å². The minimum absolute atomic E-state index is 0.324. The highest BCUT2D eigenvalue weighted by Gasteiger charge is 2.48. The van der Waals surface area contributed by atoms with Crippen LogP contribution < -0.4 is 0 Å². The summed E-state index contributed by atoms with van der Waals surface area (Å²) in [4.78, 5) is 0. The molecule has 0 aliphatic heterocycles. The van der Waals surface area contributed by atoms with Gasteiger partial charge in [-0.25, -0.2) is 0 Å². The van der Waals surface area contributed by atoms with Gasteiger partial charge in [-0.05, 0) is 19.8 Å². The van der Waals surface area contributed by atoms with Gasteiger partial charge in [0, 0.05) is 6.08 Å². The molecule has 2 rings (SSSR count). The van der Waals surface area contributed by atoms with E-state index in [4.69, 9.17) is 10.00 Å². The molecule has 0 atom stereocenters. The first-order chi connectivity index (χ1) is 7.30. The van der Waals surface area contributed by atoms with Gasteiger partial charge in [-0.1, -0.05) is 11.3 Å². The van der Waals surface area contributed by atoms with Crippen molar-refractivity contribution in [3.63, 3.8) is 0 Å². The zero-order valence-corrected chi connectivity index (χ0v) is 9.25. The molecule has 0 aromatic carbocycles. The van der Waals surface area contributed by atoms with Crippen LogP contribution in [0.1, 0.15) is 29.8 Å². The monoisotopic (exact) mass is 221 g/mol. The molecule has 1 aromatic rings. The van der Waals surface area contributed by atoms with Crippen molar-refractivity contribution < 1.29 is 4.74 Å². The molecule has 1 aliphatic carbocycles. The van der Waals surface area contributed by atoms with Crippen LogP contribution in [-0.4, -0.2) is 16.8 Å². The van der Waals surface area contributed by atoms with Gasteiger partial charge in [-0.2, -0.15) is 5.26 Å². The van der Waals surface area contributed by atoms with E-state index >= 15 is 0 Å². The molecule has 1 aliphatic rings. The smallest absolute Gasteiger partial charge is 0.143 e. The van der Waals surface area contributed by atoms with Gasteiger partial charge in [-0.15, -0.1) is 10.2 Å². The van der Waals surface area contributed by atoms with Crippen molar-refractivity contribution in [2.75, 3.05) is 6.61 Å². The maximum absolute atomic E-state index is 8.98. The van der Waals surface area contributed by atoms with Gasteiger partial charge < -0.3 is 4.74 Å². The summed E-state index contributed by atoms with van der Waals surface area (Å²) >= 11 is 1.47. The predicted octanol–water partition coefficient (Wildman–Crippen LogP) is 2.10. The molecular formula is C10H11N3OS. The van der Waals surface area contributed by atoms with E-state index < -0.39 is 0 Å². The zero-order valence-electron chi connectivity index (χ0n) is 8.43. The van der Waals surface area contributed by atoms with Crippen LogP contribution in [0.15, 0.2) is 6.26 Å². The van der Waals surface area contributed by atoms with E-state index in [9.17, 15) is 0 Å². The Balaban J connectivity index is 2.08. The average molecular weight is 221 g/mol. The first-order valence-corrected chi connectivity index (χ1v) is 5.66. The van der Waals surface area contributed by atoms with Gasteiger partial charge in [0.2, 0.25) is 0 Å². The van der Waals surface area contributed by atoms with Crippen molar-refractivity contribution in [2.45, 2.75) is 25.2 Å². The summed E-state index contributed by atoms with van der Waals surface area (Å²) in [6, 6.07) is 2.30. The lowest BCUT2D eigenvalue weighted by molar-refractivity contribution is 0.272. The first-order valence-electron chi connectivity index (χ1n) is 4.84. The number of hydrogen-bond acceptors (Lipinski definition) is 5. The topological polar surface area (TPSA) is 58.8 Å².